The first-order valence-electron chi connectivity index (χ1n) is 7.20. The molecule has 0 aliphatic rings. The molecule has 0 saturated carbocycles. The average molecular weight is 342 g/mol. The third-order valence-electron chi connectivity index (χ3n) is 3.57. The molecular weight excluding hydrogens is 320 g/mol. The van der Waals surface area contributed by atoms with Crippen LogP contribution in [0.25, 0.3) is 0 Å². The van der Waals surface area contributed by atoms with Gasteiger partial charge in [-0.1, -0.05) is 30.3 Å². The van der Waals surface area contributed by atoms with Crippen LogP contribution in [0.5, 0.6) is 0 Å². The maximum absolute atomic E-state index is 12.1. The number of carboxylic acid groups (broad SMARTS) is 1. The van der Waals surface area contributed by atoms with E-state index in [9.17, 15) is 23.1 Å². The van der Waals surface area contributed by atoms with E-state index in [1.54, 1.807) is 30.3 Å². The molecule has 1 aromatic rings. The summed E-state index contributed by atoms with van der Waals surface area (Å²) in [6.07, 6.45) is 0. The second-order valence-electron chi connectivity index (χ2n) is 5.24. The molecule has 128 valence electrons. The Morgan fingerprint density at radius 1 is 1.26 bits per heavy atom. The molecule has 1 aromatic carbocycles. The van der Waals surface area contributed by atoms with E-state index in [1.165, 1.54) is 20.9 Å². The number of benzene rings is 1. The summed E-state index contributed by atoms with van der Waals surface area (Å²) in [5, 5.41) is 11.8. The molecule has 0 fully saturated rings. The van der Waals surface area contributed by atoms with Gasteiger partial charge in [0.25, 0.3) is 0 Å². The van der Waals surface area contributed by atoms with Gasteiger partial charge in [-0.2, -0.15) is 4.31 Å². The smallest absolute Gasteiger partial charge is 0.308 e. The van der Waals surface area contributed by atoms with Gasteiger partial charge in [-0.15, -0.1) is 0 Å². The highest BCUT2D eigenvalue weighted by Gasteiger charge is 2.28. The number of hydrogen-bond donors (Lipinski definition) is 2. The fourth-order valence-electron chi connectivity index (χ4n) is 2.04. The molecule has 0 heterocycles. The Morgan fingerprint density at radius 3 is 2.30 bits per heavy atom. The van der Waals surface area contributed by atoms with E-state index in [4.69, 9.17) is 0 Å². The lowest BCUT2D eigenvalue weighted by Gasteiger charge is -2.24. The van der Waals surface area contributed by atoms with Gasteiger partial charge in [0.05, 0.1) is 24.3 Å². The topological polar surface area (TPSA) is 104 Å². The van der Waals surface area contributed by atoms with E-state index in [2.05, 4.69) is 5.32 Å². The monoisotopic (exact) mass is 342 g/mol. The van der Waals surface area contributed by atoms with Crippen LogP contribution in [0, 0.1) is 5.92 Å². The standard InChI is InChI=1S/C15H22N2O5S/c1-4-23(21,22)17(3)10-13(18)16-14(11(2)15(19)20)12-8-6-5-7-9-12/h5-9,11,14H,4,10H2,1-3H3,(H,16,18)(H,19,20). The van der Waals surface area contributed by atoms with Crippen molar-refractivity contribution in [1.29, 1.82) is 0 Å². The third-order valence-corrected chi connectivity index (χ3v) is 5.38. The number of hydrogen-bond acceptors (Lipinski definition) is 4. The molecule has 2 unspecified atom stereocenters. The zero-order valence-corrected chi connectivity index (χ0v) is 14.2. The van der Waals surface area contributed by atoms with Crippen LogP contribution in [0.1, 0.15) is 25.5 Å². The van der Waals surface area contributed by atoms with Gasteiger partial charge in [0.15, 0.2) is 0 Å². The number of amides is 1. The Balaban J connectivity index is 2.90. The molecule has 1 rings (SSSR count). The van der Waals surface area contributed by atoms with Crippen LogP contribution >= 0.6 is 0 Å². The van der Waals surface area contributed by atoms with Gasteiger partial charge in [-0.3, -0.25) is 9.59 Å². The van der Waals surface area contributed by atoms with Crippen molar-refractivity contribution in [2.45, 2.75) is 19.9 Å². The number of carbonyl (C=O) groups is 2. The molecule has 0 bridgehead atoms. The predicted octanol–water partition coefficient (Wildman–Crippen LogP) is 0.846. The predicted molar refractivity (Wildman–Crippen MR) is 86.2 cm³/mol. The van der Waals surface area contributed by atoms with E-state index in [1.807, 2.05) is 0 Å². The normalized spacial score (nSPS) is 14.3. The highest BCUT2D eigenvalue weighted by molar-refractivity contribution is 7.89. The lowest BCUT2D eigenvalue weighted by atomic mass is 9.94. The summed E-state index contributed by atoms with van der Waals surface area (Å²) < 4.78 is 24.3. The van der Waals surface area contributed by atoms with Gasteiger partial charge >= 0.3 is 5.97 Å². The first kappa shape index (κ1) is 19.1. The van der Waals surface area contributed by atoms with Gasteiger partial charge in [0, 0.05) is 7.05 Å². The van der Waals surface area contributed by atoms with Crippen molar-refractivity contribution in [3.63, 3.8) is 0 Å². The highest BCUT2D eigenvalue weighted by Crippen LogP contribution is 2.22. The Bertz CT molecular complexity index is 645. The summed E-state index contributed by atoms with van der Waals surface area (Å²) in [4.78, 5) is 23.4. The number of aliphatic carboxylic acids is 1. The molecule has 0 aliphatic heterocycles. The maximum atomic E-state index is 12.1. The van der Waals surface area contributed by atoms with Crippen LogP contribution in [0.15, 0.2) is 30.3 Å². The van der Waals surface area contributed by atoms with E-state index < -0.39 is 33.9 Å². The fraction of sp³-hybridized carbons (Fsp3) is 0.467. The molecule has 7 nitrogen and oxygen atoms in total. The minimum atomic E-state index is -3.47. The fourth-order valence-corrected chi connectivity index (χ4v) is 2.79. The number of nitrogens with zero attached hydrogens (tertiary/aromatic N) is 1. The molecule has 8 heteroatoms. The van der Waals surface area contributed by atoms with E-state index >= 15 is 0 Å². The van der Waals surface area contributed by atoms with Crippen molar-refractivity contribution >= 4 is 21.9 Å². The van der Waals surface area contributed by atoms with Gasteiger partial charge in [-0.25, -0.2) is 8.42 Å². The van der Waals surface area contributed by atoms with Crippen molar-refractivity contribution < 1.29 is 23.1 Å². The summed E-state index contributed by atoms with van der Waals surface area (Å²) in [6.45, 7) is 2.63. The number of sulfonamides is 1. The van der Waals surface area contributed by atoms with Crippen molar-refractivity contribution in [1.82, 2.24) is 9.62 Å². The van der Waals surface area contributed by atoms with E-state index in [0.29, 0.717) is 5.56 Å². The molecule has 0 saturated heterocycles. The zero-order chi connectivity index (χ0) is 17.6. The summed E-state index contributed by atoms with van der Waals surface area (Å²) >= 11 is 0. The SMILES string of the molecule is CCS(=O)(=O)N(C)CC(=O)NC(c1ccccc1)C(C)C(=O)O. The van der Waals surface area contributed by atoms with Gasteiger partial charge in [-0.05, 0) is 19.4 Å². The average Bonchev–Trinajstić information content (AvgIpc) is 2.52. The summed E-state index contributed by atoms with van der Waals surface area (Å²) in [6, 6.07) is 7.98. The van der Waals surface area contributed by atoms with Crippen molar-refractivity contribution in [2.24, 2.45) is 5.92 Å². The van der Waals surface area contributed by atoms with Crippen LogP contribution in [0.2, 0.25) is 0 Å². The van der Waals surface area contributed by atoms with Gasteiger partial charge < -0.3 is 10.4 Å². The zero-order valence-electron chi connectivity index (χ0n) is 13.4. The summed E-state index contributed by atoms with van der Waals surface area (Å²) in [5.74, 6) is -2.56. The summed E-state index contributed by atoms with van der Waals surface area (Å²) in [7, 11) is -2.16. The van der Waals surface area contributed by atoms with Crippen LogP contribution in [0.4, 0.5) is 0 Å². The number of carbonyl (C=O) groups excluding carboxylic acids is 1. The molecule has 2 atom stereocenters. The number of likely N-dealkylation sites (N-methyl/N-ethyl adjacent to an activating group) is 1. The van der Waals surface area contributed by atoms with Crippen molar-refractivity contribution in [3.8, 4) is 0 Å². The molecule has 1 amide bonds. The molecule has 0 radical (unpaired) electrons. The minimum Gasteiger partial charge on any atom is -0.481 e. The number of carboxylic acids is 1. The van der Waals surface area contributed by atoms with Gasteiger partial charge in [0.1, 0.15) is 0 Å². The Labute approximate surface area is 136 Å². The second kappa shape index (κ2) is 8.07. The Kier molecular flexibility index (Phi) is 6.71. The van der Waals surface area contributed by atoms with Crippen LogP contribution in [-0.2, 0) is 19.6 Å². The number of nitrogens with one attached hydrogen (secondary N) is 1. The highest BCUT2D eigenvalue weighted by atomic mass is 32.2. The van der Waals surface area contributed by atoms with E-state index in [0.717, 1.165) is 4.31 Å². The second-order valence-corrected chi connectivity index (χ2v) is 7.60. The lowest BCUT2D eigenvalue weighted by Crippen LogP contribution is -2.42. The first-order valence-corrected chi connectivity index (χ1v) is 8.81. The Hall–Kier alpha value is -1.93. The van der Waals surface area contributed by atoms with Crippen LogP contribution in [0.3, 0.4) is 0 Å². The van der Waals surface area contributed by atoms with Crippen molar-refractivity contribution in [2.75, 3.05) is 19.3 Å². The van der Waals surface area contributed by atoms with Gasteiger partial charge in [0.2, 0.25) is 15.9 Å². The Morgan fingerprint density at radius 2 is 1.83 bits per heavy atom. The minimum absolute atomic E-state index is 0.107. The summed E-state index contributed by atoms with van der Waals surface area (Å²) in [5.41, 5.74) is 0.650. The molecule has 23 heavy (non-hydrogen) atoms. The molecule has 0 aromatic heterocycles. The van der Waals surface area contributed by atoms with Crippen molar-refractivity contribution in [3.05, 3.63) is 35.9 Å². The largest absolute Gasteiger partial charge is 0.481 e. The maximum Gasteiger partial charge on any atom is 0.308 e. The van der Waals surface area contributed by atoms with Crippen LogP contribution < -0.4 is 5.32 Å². The third kappa shape index (κ3) is 5.33. The lowest BCUT2D eigenvalue weighted by molar-refractivity contribution is -0.142. The first-order chi connectivity index (χ1) is 10.7. The van der Waals surface area contributed by atoms with E-state index in [-0.39, 0.29) is 12.3 Å². The quantitative estimate of drug-likeness (QED) is 0.729. The molecule has 2 N–H and O–H groups in total. The molecule has 0 spiro atoms. The van der Waals surface area contributed by atoms with Crippen LogP contribution in [-0.4, -0.2) is 49.1 Å². The number of rotatable bonds is 8. The molecular formula is C15H22N2O5S. The molecule has 0 aliphatic carbocycles.